The Morgan fingerprint density at radius 1 is 1.62 bits per heavy atom. The molecule has 0 aliphatic carbocycles. The molecule has 0 fully saturated rings. The summed E-state index contributed by atoms with van der Waals surface area (Å²) >= 11 is 3.16. The van der Waals surface area contributed by atoms with Crippen molar-refractivity contribution >= 4 is 15.9 Å². The predicted octanol–water partition coefficient (Wildman–Crippen LogP) is 2.85. The highest BCUT2D eigenvalue weighted by Crippen LogP contribution is 2.22. The Morgan fingerprint density at radius 3 is 2.77 bits per heavy atom. The third-order valence-corrected chi connectivity index (χ3v) is 2.34. The maximum absolute atomic E-state index is 13.3. The summed E-state index contributed by atoms with van der Waals surface area (Å²) < 4.78 is 14.0. The maximum Gasteiger partial charge on any atom is 0.128 e. The molecule has 1 aromatic carbocycles. The smallest absolute Gasteiger partial charge is 0.128 e. The van der Waals surface area contributed by atoms with Crippen LogP contribution in [0.25, 0.3) is 0 Å². The van der Waals surface area contributed by atoms with E-state index in [1.165, 1.54) is 12.1 Å². The van der Waals surface area contributed by atoms with E-state index in [0.29, 0.717) is 10.0 Å². The molecule has 0 aliphatic rings. The van der Waals surface area contributed by atoms with Crippen LogP contribution in [0.3, 0.4) is 0 Å². The van der Waals surface area contributed by atoms with Gasteiger partial charge in [0.15, 0.2) is 0 Å². The fourth-order valence-corrected chi connectivity index (χ4v) is 1.44. The molecule has 0 heterocycles. The van der Waals surface area contributed by atoms with Crippen molar-refractivity contribution in [3.8, 4) is 0 Å². The number of aliphatic hydroxyl groups excluding tert-OH is 1. The molecule has 0 radical (unpaired) electrons. The van der Waals surface area contributed by atoms with Gasteiger partial charge in [0.25, 0.3) is 0 Å². The highest BCUT2D eigenvalue weighted by Gasteiger charge is 2.11. The van der Waals surface area contributed by atoms with Gasteiger partial charge in [-0.2, -0.15) is 0 Å². The minimum absolute atomic E-state index is 0.123. The summed E-state index contributed by atoms with van der Waals surface area (Å²) in [7, 11) is 0. The lowest BCUT2D eigenvalue weighted by molar-refractivity contribution is 0.281. The Balaban J connectivity index is 3.06. The van der Waals surface area contributed by atoms with E-state index in [1.807, 2.05) is 0 Å². The Hall–Kier alpha value is -0.670. The summed E-state index contributed by atoms with van der Waals surface area (Å²) in [4.78, 5) is 0. The van der Waals surface area contributed by atoms with Gasteiger partial charge in [0.2, 0.25) is 0 Å². The molecule has 0 aliphatic heterocycles. The van der Waals surface area contributed by atoms with Crippen LogP contribution in [0, 0.1) is 5.82 Å². The van der Waals surface area contributed by atoms with Crippen molar-refractivity contribution in [2.45, 2.75) is 5.92 Å². The lowest BCUT2D eigenvalue weighted by atomic mass is 10.00. The Kier molecular flexibility index (Phi) is 3.63. The van der Waals surface area contributed by atoms with Crippen LogP contribution in [0.1, 0.15) is 11.5 Å². The van der Waals surface area contributed by atoms with Gasteiger partial charge in [0.05, 0.1) is 6.61 Å². The third-order valence-electron chi connectivity index (χ3n) is 1.84. The summed E-state index contributed by atoms with van der Waals surface area (Å²) in [6.45, 7) is 3.41. The summed E-state index contributed by atoms with van der Waals surface area (Å²) in [5, 5.41) is 8.92. The summed E-state index contributed by atoms with van der Waals surface area (Å²) in [6.07, 6.45) is 1.53. The molecule has 1 N–H and O–H groups in total. The van der Waals surface area contributed by atoms with Crippen molar-refractivity contribution < 1.29 is 9.50 Å². The van der Waals surface area contributed by atoms with Crippen molar-refractivity contribution in [1.29, 1.82) is 0 Å². The number of benzene rings is 1. The lowest BCUT2D eigenvalue weighted by Crippen LogP contribution is -2.02. The lowest BCUT2D eigenvalue weighted by Gasteiger charge is -2.10. The van der Waals surface area contributed by atoms with Crippen LogP contribution in [0.4, 0.5) is 4.39 Å². The second-order valence-corrected chi connectivity index (χ2v) is 3.61. The topological polar surface area (TPSA) is 20.2 Å². The maximum atomic E-state index is 13.3. The zero-order valence-corrected chi connectivity index (χ0v) is 8.59. The first kappa shape index (κ1) is 10.4. The average Bonchev–Trinajstić information content (AvgIpc) is 2.10. The van der Waals surface area contributed by atoms with Crippen molar-refractivity contribution in [1.82, 2.24) is 0 Å². The van der Waals surface area contributed by atoms with Crippen molar-refractivity contribution in [3.05, 3.63) is 46.7 Å². The van der Waals surface area contributed by atoms with Crippen LogP contribution in [-0.4, -0.2) is 11.7 Å². The molecule has 0 spiro atoms. The average molecular weight is 245 g/mol. The Morgan fingerprint density at radius 2 is 2.31 bits per heavy atom. The van der Waals surface area contributed by atoms with E-state index in [1.54, 1.807) is 12.1 Å². The number of hydrogen-bond donors (Lipinski definition) is 1. The monoisotopic (exact) mass is 244 g/mol. The molecule has 0 unspecified atom stereocenters. The minimum atomic E-state index is -0.326. The third kappa shape index (κ3) is 2.39. The SMILES string of the molecule is C=C[C@@H](CO)c1ccc(Br)cc1F. The van der Waals surface area contributed by atoms with E-state index in [0.717, 1.165) is 0 Å². The minimum Gasteiger partial charge on any atom is -0.395 e. The molecular weight excluding hydrogens is 235 g/mol. The molecular formula is C10H10BrFO. The van der Waals surface area contributed by atoms with E-state index >= 15 is 0 Å². The van der Waals surface area contributed by atoms with Crippen molar-refractivity contribution in [2.24, 2.45) is 0 Å². The first-order valence-corrected chi connectivity index (χ1v) is 4.66. The van der Waals surface area contributed by atoms with E-state index in [2.05, 4.69) is 22.5 Å². The van der Waals surface area contributed by atoms with E-state index in [4.69, 9.17) is 5.11 Å². The normalized spacial score (nSPS) is 12.5. The van der Waals surface area contributed by atoms with E-state index in [-0.39, 0.29) is 18.3 Å². The van der Waals surface area contributed by atoms with Crippen molar-refractivity contribution in [3.63, 3.8) is 0 Å². The van der Waals surface area contributed by atoms with Gasteiger partial charge in [-0.15, -0.1) is 6.58 Å². The molecule has 1 atom stereocenters. The van der Waals surface area contributed by atoms with Crippen LogP contribution in [0.5, 0.6) is 0 Å². The first-order valence-electron chi connectivity index (χ1n) is 3.87. The molecule has 0 amide bonds. The summed E-state index contributed by atoms with van der Waals surface area (Å²) in [5.74, 6) is -0.651. The van der Waals surface area contributed by atoms with Crippen LogP contribution in [0.2, 0.25) is 0 Å². The van der Waals surface area contributed by atoms with Crippen molar-refractivity contribution in [2.75, 3.05) is 6.61 Å². The first-order chi connectivity index (χ1) is 6.19. The molecule has 0 saturated heterocycles. The van der Waals surface area contributed by atoms with Crippen LogP contribution in [-0.2, 0) is 0 Å². The molecule has 1 rings (SSSR count). The number of halogens is 2. The molecule has 0 aromatic heterocycles. The zero-order valence-electron chi connectivity index (χ0n) is 7.00. The van der Waals surface area contributed by atoms with E-state index < -0.39 is 0 Å². The standard InChI is InChI=1S/C10H10BrFO/c1-2-7(6-13)9-4-3-8(11)5-10(9)12/h2-5,7,13H,1,6H2/t7-/m0/s1. The van der Waals surface area contributed by atoms with E-state index in [9.17, 15) is 4.39 Å². The van der Waals surface area contributed by atoms with Gasteiger partial charge in [0, 0.05) is 10.4 Å². The molecule has 70 valence electrons. The highest BCUT2D eigenvalue weighted by atomic mass is 79.9. The molecule has 3 heteroatoms. The molecule has 0 saturated carbocycles. The molecule has 13 heavy (non-hydrogen) atoms. The number of rotatable bonds is 3. The molecule has 0 bridgehead atoms. The van der Waals surface area contributed by atoms with Gasteiger partial charge >= 0.3 is 0 Å². The van der Waals surface area contributed by atoms with Gasteiger partial charge in [-0.25, -0.2) is 4.39 Å². The summed E-state index contributed by atoms with van der Waals surface area (Å²) in [5.41, 5.74) is 0.473. The molecule has 1 nitrogen and oxygen atoms in total. The van der Waals surface area contributed by atoms with Gasteiger partial charge in [-0.05, 0) is 17.7 Å². The number of hydrogen-bond acceptors (Lipinski definition) is 1. The van der Waals surface area contributed by atoms with Gasteiger partial charge in [-0.3, -0.25) is 0 Å². The zero-order chi connectivity index (χ0) is 9.84. The van der Waals surface area contributed by atoms with Crippen LogP contribution >= 0.6 is 15.9 Å². The van der Waals surface area contributed by atoms with Gasteiger partial charge in [-0.1, -0.05) is 28.1 Å². The Labute approximate surface area is 85.0 Å². The van der Waals surface area contributed by atoms with Gasteiger partial charge < -0.3 is 5.11 Å². The second kappa shape index (κ2) is 4.53. The van der Waals surface area contributed by atoms with Crippen LogP contribution in [0.15, 0.2) is 35.3 Å². The number of aliphatic hydroxyl groups is 1. The Bertz CT molecular complexity index is 312. The highest BCUT2D eigenvalue weighted by molar-refractivity contribution is 9.10. The second-order valence-electron chi connectivity index (χ2n) is 2.69. The fraction of sp³-hybridized carbons (Fsp3) is 0.200. The summed E-state index contributed by atoms with van der Waals surface area (Å²) in [6, 6.07) is 4.76. The largest absolute Gasteiger partial charge is 0.395 e. The quantitative estimate of drug-likeness (QED) is 0.812. The molecule has 1 aromatic rings. The van der Waals surface area contributed by atoms with Gasteiger partial charge in [0.1, 0.15) is 5.82 Å². The fourth-order valence-electron chi connectivity index (χ4n) is 1.10. The predicted molar refractivity (Wildman–Crippen MR) is 54.1 cm³/mol. The van der Waals surface area contributed by atoms with Crippen LogP contribution < -0.4 is 0 Å².